The third-order valence-electron chi connectivity index (χ3n) is 3.88. The number of hydrogen-bond donors (Lipinski definition) is 1. The van der Waals surface area contributed by atoms with Crippen LogP contribution in [0.15, 0.2) is 30.3 Å². The summed E-state index contributed by atoms with van der Waals surface area (Å²) in [5.41, 5.74) is 4.05. The third kappa shape index (κ3) is 1.93. The monoisotopic (exact) mass is 269 g/mol. The lowest BCUT2D eigenvalue weighted by atomic mass is 10.0. The first kappa shape index (κ1) is 12.7. The smallest absolute Gasteiger partial charge is 0.309 e. The Morgan fingerprint density at radius 2 is 1.95 bits per heavy atom. The maximum atomic E-state index is 12.7. The van der Waals surface area contributed by atoms with Crippen molar-refractivity contribution in [2.24, 2.45) is 7.05 Å². The summed E-state index contributed by atoms with van der Waals surface area (Å²) in [6.45, 7) is 0. The molecule has 0 radical (unpaired) electrons. The van der Waals surface area contributed by atoms with Gasteiger partial charge in [0.25, 0.3) is 0 Å². The molecule has 1 N–H and O–H groups in total. The first-order chi connectivity index (χ1) is 9.58. The van der Waals surface area contributed by atoms with Crippen LogP contribution in [-0.4, -0.2) is 21.4 Å². The van der Waals surface area contributed by atoms with Gasteiger partial charge >= 0.3 is 5.97 Å². The van der Waals surface area contributed by atoms with Gasteiger partial charge in [0.05, 0.1) is 12.1 Å². The molecule has 0 atom stereocenters. The van der Waals surface area contributed by atoms with Crippen LogP contribution in [0, 0.1) is 0 Å². The summed E-state index contributed by atoms with van der Waals surface area (Å²) < 4.78 is 1.73. The van der Waals surface area contributed by atoms with Crippen molar-refractivity contribution < 1.29 is 14.7 Å². The molecule has 0 amide bonds. The van der Waals surface area contributed by atoms with Crippen molar-refractivity contribution in [3.63, 3.8) is 0 Å². The van der Waals surface area contributed by atoms with Gasteiger partial charge in [-0.25, -0.2) is 0 Å². The van der Waals surface area contributed by atoms with Crippen LogP contribution in [-0.2, 0) is 31.1 Å². The minimum atomic E-state index is -0.881. The van der Waals surface area contributed by atoms with Crippen molar-refractivity contribution >= 4 is 11.8 Å². The molecule has 0 spiro atoms. The van der Waals surface area contributed by atoms with E-state index < -0.39 is 5.97 Å². The van der Waals surface area contributed by atoms with Gasteiger partial charge < -0.3 is 9.67 Å². The fourth-order valence-electron chi connectivity index (χ4n) is 2.90. The Morgan fingerprint density at radius 3 is 2.70 bits per heavy atom. The van der Waals surface area contributed by atoms with Crippen LogP contribution >= 0.6 is 0 Å². The van der Waals surface area contributed by atoms with Crippen LogP contribution in [0.3, 0.4) is 0 Å². The van der Waals surface area contributed by atoms with E-state index in [1.165, 1.54) is 0 Å². The summed E-state index contributed by atoms with van der Waals surface area (Å²) in [6.07, 6.45) is 1.52. The van der Waals surface area contributed by atoms with Crippen molar-refractivity contribution in [3.05, 3.63) is 58.4 Å². The average molecular weight is 269 g/mol. The van der Waals surface area contributed by atoms with Crippen LogP contribution in [0.1, 0.15) is 32.9 Å². The van der Waals surface area contributed by atoms with Crippen molar-refractivity contribution in [2.75, 3.05) is 0 Å². The number of carbonyl (C=O) groups is 2. The number of fused-ring (bicyclic) bond motifs is 2. The Balaban J connectivity index is 2.13. The second kappa shape index (κ2) is 4.63. The fourth-order valence-corrected chi connectivity index (χ4v) is 2.90. The van der Waals surface area contributed by atoms with Crippen molar-refractivity contribution in [1.82, 2.24) is 4.57 Å². The van der Waals surface area contributed by atoms with Crippen LogP contribution in [0.25, 0.3) is 0 Å². The van der Waals surface area contributed by atoms with E-state index in [1.54, 1.807) is 11.6 Å². The second-order valence-corrected chi connectivity index (χ2v) is 5.13. The standard InChI is InChI=1S/C16H15NO3/c1-17-12(9-14(18)19)8-11-7-6-10-4-2-3-5-13(10)16(20)15(11)17/h2-5,8H,6-7,9H2,1H3,(H,18,19). The normalized spacial score (nSPS) is 13.6. The van der Waals surface area contributed by atoms with Crippen LogP contribution in [0.5, 0.6) is 0 Å². The number of carboxylic acids is 1. The average Bonchev–Trinajstić information content (AvgIpc) is 2.63. The molecule has 2 aromatic rings. The highest BCUT2D eigenvalue weighted by Gasteiger charge is 2.25. The van der Waals surface area contributed by atoms with Gasteiger partial charge in [-0.2, -0.15) is 0 Å². The summed E-state index contributed by atoms with van der Waals surface area (Å²) in [5, 5.41) is 8.93. The Labute approximate surface area is 116 Å². The number of aliphatic carboxylic acids is 1. The largest absolute Gasteiger partial charge is 0.481 e. The Kier molecular flexibility index (Phi) is 2.93. The minimum Gasteiger partial charge on any atom is -0.481 e. The van der Waals surface area contributed by atoms with E-state index in [9.17, 15) is 9.59 Å². The Bertz CT molecular complexity index is 713. The molecule has 3 rings (SSSR count). The summed E-state index contributed by atoms with van der Waals surface area (Å²) >= 11 is 0. The molecule has 0 aliphatic heterocycles. The van der Waals surface area contributed by atoms with E-state index >= 15 is 0 Å². The minimum absolute atomic E-state index is 0.00719. The fraction of sp³-hybridized carbons (Fsp3) is 0.250. The van der Waals surface area contributed by atoms with Crippen LogP contribution in [0.2, 0.25) is 0 Å². The Morgan fingerprint density at radius 1 is 1.25 bits per heavy atom. The number of ketones is 1. The maximum absolute atomic E-state index is 12.7. The van der Waals surface area contributed by atoms with Gasteiger partial charge in [0.15, 0.2) is 0 Å². The van der Waals surface area contributed by atoms with E-state index in [0.717, 1.165) is 29.5 Å². The number of aromatic nitrogens is 1. The molecule has 1 aromatic carbocycles. The van der Waals surface area contributed by atoms with Gasteiger partial charge in [-0.1, -0.05) is 24.3 Å². The molecule has 1 aliphatic carbocycles. The van der Waals surface area contributed by atoms with Gasteiger partial charge in [0.1, 0.15) is 0 Å². The molecular formula is C16H15NO3. The molecule has 4 heteroatoms. The maximum Gasteiger partial charge on any atom is 0.309 e. The van der Waals surface area contributed by atoms with Gasteiger partial charge in [-0.15, -0.1) is 0 Å². The number of rotatable bonds is 2. The highest BCUT2D eigenvalue weighted by Crippen LogP contribution is 2.26. The lowest BCUT2D eigenvalue weighted by molar-refractivity contribution is -0.136. The molecule has 0 fully saturated rings. The predicted molar refractivity (Wildman–Crippen MR) is 74.0 cm³/mol. The van der Waals surface area contributed by atoms with E-state index in [1.807, 2.05) is 30.3 Å². The summed E-state index contributed by atoms with van der Waals surface area (Å²) in [7, 11) is 1.77. The topological polar surface area (TPSA) is 59.3 Å². The zero-order valence-corrected chi connectivity index (χ0v) is 11.2. The predicted octanol–water partition coefficient (Wildman–Crippen LogP) is 1.98. The van der Waals surface area contributed by atoms with Crippen molar-refractivity contribution in [3.8, 4) is 0 Å². The highest BCUT2D eigenvalue weighted by atomic mass is 16.4. The van der Waals surface area contributed by atoms with E-state index in [0.29, 0.717) is 11.4 Å². The molecule has 20 heavy (non-hydrogen) atoms. The number of aryl methyl sites for hydroxylation is 2. The van der Waals surface area contributed by atoms with Gasteiger partial charge in [-0.05, 0) is 30.0 Å². The van der Waals surface area contributed by atoms with Crippen molar-refractivity contribution in [1.29, 1.82) is 0 Å². The van der Waals surface area contributed by atoms with Gasteiger partial charge in [0.2, 0.25) is 5.78 Å². The number of carboxylic acid groups (broad SMARTS) is 1. The SMILES string of the molecule is Cn1c(CC(=O)O)cc2c1C(=O)c1ccccc1CC2. The molecular weight excluding hydrogens is 254 g/mol. The molecule has 0 saturated heterocycles. The molecule has 102 valence electrons. The molecule has 0 bridgehead atoms. The van der Waals surface area contributed by atoms with Crippen LogP contribution in [0.4, 0.5) is 0 Å². The highest BCUT2D eigenvalue weighted by molar-refractivity contribution is 6.10. The number of nitrogens with zero attached hydrogens (tertiary/aromatic N) is 1. The quantitative estimate of drug-likeness (QED) is 0.907. The second-order valence-electron chi connectivity index (χ2n) is 5.13. The molecule has 1 aliphatic rings. The lowest BCUT2D eigenvalue weighted by Crippen LogP contribution is -2.12. The molecule has 0 saturated carbocycles. The molecule has 1 heterocycles. The summed E-state index contributed by atoms with van der Waals surface area (Å²) in [4.78, 5) is 23.6. The Hall–Kier alpha value is -2.36. The molecule has 0 unspecified atom stereocenters. The van der Waals surface area contributed by atoms with Crippen LogP contribution < -0.4 is 0 Å². The van der Waals surface area contributed by atoms with E-state index in [2.05, 4.69) is 0 Å². The van der Waals surface area contributed by atoms with Crippen molar-refractivity contribution in [2.45, 2.75) is 19.3 Å². The summed E-state index contributed by atoms with van der Waals surface area (Å²) in [6, 6.07) is 9.49. The van der Waals surface area contributed by atoms with E-state index in [-0.39, 0.29) is 12.2 Å². The first-order valence-corrected chi connectivity index (χ1v) is 6.60. The number of carbonyl (C=O) groups excluding carboxylic acids is 1. The van der Waals surface area contributed by atoms with Gasteiger partial charge in [0, 0.05) is 18.3 Å². The lowest BCUT2D eigenvalue weighted by Gasteiger charge is -2.07. The molecule has 1 aromatic heterocycles. The first-order valence-electron chi connectivity index (χ1n) is 6.60. The van der Waals surface area contributed by atoms with Gasteiger partial charge in [-0.3, -0.25) is 9.59 Å². The zero-order valence-electron chi connectivity index (χ0n) is 11.2. The third-order valence-corrected chi connectivity index (χ3v) is 3.88. The number of benzene rings is 1. The molecule has 4 nitrogen and oxygen atoms in total. The zero-order chi connectivity index (χ0) is 14.3. The number of hydrogen-bond acceptors (Lipinski definition) is 2. The summed E-state index contributed by atoms with van der Waals surface area (Å²) in [5.74, 6) is -0.888. The van der Waals surface area contributed by atoms with E-state index in [4.69, 9.17) is 5.11 Å².